The minimum atomic E-state index is -2.95. The molecule has 76 valence electrons. The normalized spacial score (nSPS) is 10.7. The Balaban J connectivity index is 3.50. The number of alkyl halides is 2. The van der Waals surface area contributed by atoms with E-state index >= 15 is 0 Å². The van der Waals surface area contributed by atoms with E-state index in [1.807, 2.05) is 0 Å². The topological polar surface area (TPSA) is 30.0 Å². The second-order valence-electron chi connectivity index (χ2n) is 2.60. The molecule has 1 rings (SSSR count). The van der Waals surface area contributed by atoms with E-state index in [4.69, 9.17) is 11.6 Å². The van der Waals surface area contributed by atoms with Gasteiger partial charge >= 0.3 is 0 Å². The van der Waals surface area contributed by atoms with Crippen molar-refractivity contribution >= 4 is 16.8 Å². The van der Waals surface area contributed by atoms with Crippen LogP contribution in [0.5, 0.6) is 0 Å². The van der Waals surface area contributed by atoms with Crippen molar-refractivity contribution in [3.05, 3.63) is 28.8 Å². The molecule has 0 aliphatic rings. The van der Waals surface area contributed by atoms with Crippen LogP contribution < -0.4 is 0 Å². The van der Waals surface area contributed by atoms with Crippen LogP contribution in [0.1, 0.15) is 27.9 Å². The Kier molecular flexibility index (Phi) is 3.10. The monoisotopic (exact) mass is 223 g/mol. The molecule has 14 heavy (non-hydrogen) atoms. The summed E-state index contributed by atoms with van der Waals surface area (Å²) in [5, 5.41) is -1.27. The SMILES string of the molecule is Cc1cnc(F)c(C(=O)Cl)c1C(F)F. The third-order valence-electron chi connectivity index (χ3n) is 1.69. The molecule has 0 amide bonds. The van der Waals surface area contributed by atoms with E-state index in [9.17, 15) is 18.0 Å². The molecule has 0 aliphatic carbocycles. The van der Waals surface area contributed by atoms with Crippen LogP contribution in [0.3, 0.4) is 0 Å². The maximum absolute atomic E-state index is 12.9. The Bertz CT molecular complexity index is 381. The molecule has 0 N–H and O–H groups in total. The number of carbonyl (C=O) groups excluding carboxylic acids is 1. The van der Waals surface area contributed by atoms with Gasteiger partial charge in [0.1, 0.15) is 0 Å². The first-order chi connectivity index (χ1) is 6.45. The molecule has 0 spiro atoms. The maximum Gasteiger partial charge on any atom is 0.265 e. The van der Waals surface area contributed by atoms with Gasteiger partial charge in [-0.25, -0.2) is 13.8 Å². The fourth-order valence-corrected chi connectivity index (χ4v) is 1.24. The smallest absolute Gasteiger partial charge is 0.265 e. The van der Waals surface area contributed by atoms with Crippen molar-refractivity contribution in [2.45, 2.75) is 13.3 Å². The number of carbonyl (C=O) groups is 1. The average molecular weight is 224 g/mol. The Morgan fingerprint density at radius 3 is 2.50 bits per heavy atom. The summed E-state index contributed by atoms with van der Waals surface area (Å²) >= 11 is 4.98. The van der Waals surface area contributed by atoms with Crippen LogP contribution in [0.15, 0.2) is 6.20 Å². The van der Waals surface area contributed by atoms with Crippen molar-refractivity contribution in [3.63, 3.8) is 0 Å². The molecule has 1 aromatic heterocycles. The fourth-order valence-electron chi connectivity index (χ4n) is 1.06. The largest absolute Gasteiger partial charge is 0.275 e. The molecule has 0 atom stereocenters. The van der Waals surface area contributed by atoms with Gasteiger partial charge in [0.05, 0.1) is 5.56 Å². The van der Waals surface area contributed by atoms with Crippen LogP contribution in [-0.4, -0.2) is 10.2 Å². The molecule has 0 aromatic carbocycles. The summed E-state index contributed by atoms with van der Waals surface area (Å²) in [6, 6.07) is 0. The summed E-state index contributed by atoms with van der Waals surface area (Å²) in [6.07, 6.45) is -2.02. The quantitative estimate of drug-likeness (QED) is 0.570. The second kappa shape index (κ2) is 3.96. The van der Waals surface area contributed by atoms with Gasteiger partial charge in [-0.3, -0.25) is 4.79 Å². The Morgan fingerprint density at radius 1 is 1.57 bits per heavy atom. The van der Waals surface area contributed by atoms with Crippen molar-refractivity contribution in [1.82, 2.24) is 4.98 Å². The minimum absolute atomic E-state index is 0.0328. The zero-order valence-corrected chi connectivity index (χ0v) is 7.78. The lowest BCUT2D eigenvalue weighted by atomic mass is 10.1. The van der Waals surface area contributed by atoms with Crippen molar-refractivity contribution in [2.24, 2.45) is 0 Å². The van der Waals surface area contributed by atoms with E-state index < -0.39 is 28.7 Å². The Hall–Kier alpha value is -1.10. The number of halogens is 4. The first-order valence-corrected chi connectivity index (χ1v) is 3.96. The summed E-state index contributed by atoms with van der Waals surface area (Å²) in [5.41, 5.74) is -1.51. The van der Waals surface area contributed by atoms with E-state index in [1.54, 1.807) is 0 Å². The van der Waals surface area contributed by atoms with Crippen LogP contribution in [0.4, 0.5) is 13.2 Å². The highest BCUT2D eigenvalue weighted by molar-refractivity contribution is 6.67. The number of aryl methyl sites for hydroxylation is 1. The maximum atomic E-state index is 12.9. The van der Waals surface area contributed by atoms with E-state index in [0.29, 0.717) is 0 Å². The van der Waals surface area contributed by atoms with E-state index in [0.717, 1.165) is 6.20 Å². The summed E-state index contributed by atoms with van der Waals surface area (Å²) in [5.74, 6) is -1.27. The number of nitrogens with zero attached hydrogens (tertiary/aromatic N) is 1. The predicted molar refractivity (Wildman–Crippen MR) is 44.1 cm³/mol. The molecule has 0 fully saturated rings. The molecular weight excluding hydrogens is 219 g/mol. The van der Waals surface area contributed by atoms with Crippen LogP contribution in [0.25, 0.3) is 0 Å². The van der Waals surface area contributed by atoms with E-state index in [-0.39, 0.29) is 5.56 Å². The standard InChI is InChI=1S/C8H5ClF3NO/c1-3-2-13-8(12)5(6(9)14)4(3)7(10)11/h2,7H,1H3. The van der Waals surface area contributed by atoms with Gasteiger partial charge in [-0.1, -0.05) is 0 Å². The molecule has 1 heterocycles. The third-order valence-corrected chi connectivity index (χ3v) is 1.88. The first-order valence-electron chi connectivity index (χ1n) is 3.58. The number of pyridine rings is 1. The van der Waals surface area contributed by atoms with Gasteiger partial charge in [-0.05, 0) is 24.1 Å². The Labute approximate surface area is 82.7 Å². The first kappa shape index (κ1) is 11.0. The van der Waals surface area contributed by atoms with Crippen molar-refractivity contribution in [1.29, 1.82) is 0 Å². The highest BCUT2D eigenvalue weighted by Crippen LogP contribution is 2.28. The highest BCUT2D eigenvalue weighted by Gasteiger charge is 2.24. The van der Waals surface area contributed by atoms with Gasteiger partial charge < -0.3 is 0 Å². The van der Waals surface area contributed by atoms with Crippen molar-refractivity contribution in [3.8, 4) is 0 Å². The van der Waals surface area contributed by atoms with Gasteiger partial charge in [0.2, 0.25) is 5.95 Å². The number of rotatable bonds is 2. The molecule has 0 aliphatic heterocycles. The molecule has 0 saturated carbocycles. The van der Waals surface area contributed by atoms with Crippen LogP contribution in [0, 0.1) is 12.9 Å². The third kappa shape index (κ3) is 1.87. The molecule has 6 heteroatoms. The van der Waals surface area contributed by atoms with Crippen LogP contribution in [-0.2, 0) is 0 Å². The van der Waals surface area contributed by atoms with Gasteiger partial charge in [-0.15, -0.1) is 0 Å². The molecule has 1 aromatic rings. The van der Waals surface area contributed by atoms with Crippen molar-refractivity contribution in [2.75, 3.05) is 0 Å². The fraction of sp³-hybridized carbons (Fsp3) is 0.250. The van der Waals surface area contributed by atoms with Gasteiger partial charge in [0, 0.05) is 11.8 Å². The van der Waals surface area contributed by atoms with E-state index in [1.165, 1.54) is 6.92 Å². The van der Waals surface area contributed by atoms with Crippen LogP contribution in [0.2, 0.25) is 0 Å². The molecule has 0 unspecified atom stereocenters. The lowest BCUT2D eigenvalue weighted by molar-refractivity contribution is 0.105. The lowest BCUT2D eigenvalue weighted by Crippen LogP contribution is -2.06. The lowest BCUT2D eigenvalue weighted by Gasteiger charge is -2.08. The number of hydrogen-bond donors (Lipinski definition) is 0. The predicted octanol–water partition coefficient (Wildman–Crippen LogP) is 2.85. The molecule has 0 saturated heterocycles. The molecule has 0 bridgehead atoms. The van der Waals surface area contributed by atoms with Gasteiger partial charge in [0.15, 0.2) is 0 Å². The Morgan fingerprint density at radius 2 is 2.14 bits per heavy atom. The second-order valence-corrected chi connectivity index (χ2v) is 2.94. The zero-order valence-electron chi connectivity index (χ0n) is 7.02. The zero-order chi connectivity index (χ0) is 10.9. The van der Waals surface area contributed by atoms with Gasteiger partial charge in [0.25, 0.3) is 11.7 Å². The summed E-state index contributed by atoms with van der Waals surface area (Å²) in [4.78, 5) is 13.8. The highest BCUT2D eigenvalue weighted by atomic mass is 35.5. The number of hydrogen-bond acceptors (Lipinski definition) is 2. The average Bonchev–Trinajstić information content (AvgIpc) is 2.07. The molecule has 2 nitrogen and oxygen atoms in total. The van der Waals surface area contributed by atoms with Crippen molar-refractivity contribution < 1.29 is 18.0 Å². The number of aromatic nitrogens is 1. The summed E-state index contributed by atoms with van der Waals surface area (Å²) in [7, 11) is 0. The minimum Gasteiger partial charge on any atom is -0.275 e. The van der Waals surface area contributed by atoms with Gasteiger partial charge in [-0.2, -0.15) is 4.39 Å². The summed E-state index contributed by atoms with van der Waals surface area (Å²) < 4.78 is 37.7. The molecular formula is C8H5ClF3NO. The van der Waals surface area contributed by atoms with Crippen LogP contribution >= 0.6 is 11.6 Å². The van der Waals surface area contributed by atoms with E-state index in [2.05, 4.69) is 4.98 Å². The molecule has 0 radical (unpaired) electrons. The summed E-state index contributed by atoms with van der Waals surface area (Å²) in [6.45, 7) is 1.30.